The second-order valence-corrected chi connectivity index (χ2v) is 20.0. The Kier molecular flexibility index (Phi) is 12.3. The summed E-state index contributed by atoms with van der Waals surface area (Å²) in [6.45, 7) is 24.1. The predicted molar refractivity (Wildman–Crippen MR) is 221 cm³/mol. The lowest BCUT2D eigenvalue weighted by molar-refractivity contribution is -0.401. The predicted octanol–water partition coefficient (Wildman–Crippen LogP) is 7.12. The zero-order valence-electron chi connectivity index (χ0n) is 37.3. The van der Waals surface area contributed by atoms with E-state index in [0.29, 0.717) is 24.8 Å². The number of hydrogen-bond acceptors (Lipinski definition) is 12. The van der Waals surface area contributed by atoms with Gasteiger partial charge in [0.25, 0.3) is 0 Å². The maximum atomic E-state index is 14.4. The number of esters is 3. The van der Waals surface area contributed by atoms with Crippen molar-refractivity contribution in [3.05, 3.63) is 59.7 Å². The van der Waals surface area contributed by atoms with Crippen molar-refractivity contribution >= 4 is 24.0 Å². The maximum absolute atomic E-state index is 14.4. The van der Waals surface area contributed by atoms with Crippen molar-refractivity contribution in [3.63, 3.8) is 0 Å². The average Bonchev–Trinajstić information content (AvgIpc) is 3.15. The number of nitrogens with one attached hydrogen (secondary N) is 1. The highest BCUT2D eigenvalue weighted by atomic mass is 16.7. The SMILES string of the molecule is C=CC1(CC)O[C@H]2CC3=C(C)[C@@H](OC(=O)[C@H](O)[C@H](CC(C)C)NC(=O)OC(C)(C)C)C[C@@](O)([C@@H](OC(=O)c4ccccc4)[C@@H]4[C@]5(OC(C)=O)CC[C@@H]5C[C@H](O1)[C@@]24C)C3(C)C. The van der Waals surface area contributed by atoms with E-state index in [-0.39, 0.29) is 36.7 Å². The molecule has 1 amide bonds. The van der Waals surface area contributed by atoms with Crippen LogP contribution >= 0.6 is 0 Å². The van der Waals surface area contributed by atoms with Crippen LogP contribution in [0.25, 0.3) is 0 Å². The summed E-state index contributed by atoms with van der Waals surface area (Å²) in [6, 6.07) is 7.45. The Balaban J connectivity index is 1.51. The van der Waals surface area contributed by atoms with Crippen LogP contribution in [0.2, 0.25) is 0 Å². The van der Waals surface area contributed by atoms with Gasteiger partial charge in [-0.05, 0) is 89.5 Å². The molecule has 332 valence electrons. The van der Waals surface area contributed by atoms with E-state index in [9.17, 15) is 29.4 Å². The molecular formula is C47H67NO12. The van der Waals surface area contributed by atoms with Gasteiger partial charge in [-0.2, -0.15) is 0 Å². The summed E-state index contributed by atoms with van der Waals surface area (Å²) in [5.41, 5.74) is -4.44. The zero-order valence-corrected chi connectivity index (χ0v) is 37.3. The Morgan fingerprint density at radius 3 is 2.25 bits per heavy atom. The molecule has 12 atom stereocenters. The second-order valence-electron chi connectivity index (χ2n) is 20.0. The van der Waals surface area contributed by atoms with E-state index in [1.807, 2.05) is 48.5 Å². The fourth-order valence-electron chi connectivity index (χ4n) is 11.2. The Morgan fingerprint density at radius 1 is 1.05 bits per heavy atom. The van der Waals surface area contributed by atoms with Crippen molar-refractivity contribution in [1.82, 2.24) is 5.32 Å². The van der Waals surface area contributed by atoms with Gasteiger partial charge in [0.15, 0.2) is 11.9 Å². The topological polar surface area (TPSA) is 176 Å². The van der Waals surface area contributed by atoms with Gasteiger partial charge < -0.3 is 44.0 Å². The molecule has 5 aliphatic rings. The van der Waals surface area contributed by atoms with Gasteiger partial charge in [0.05, 0.1) is 23.8 Å². The summed E-state index contributed by atoms with van der Waals surface area (Å²) < 4.78 is 38.9. The molecule has 1 aromatic carbocycles. The quantitative estimate of drug-likeness (QED) is 0.117. The summed E-state index contributed by atoms with van der Waals surface area (Å²) in [4.78, 5) is 54.7. The van der Waals surface area contributed by atoms with Crippen LogP contribution in [-0.4, -0.2) is 93.4 Å². The minimum absolute atomic E-state index is 0.0297. The Morgan fingerprint density at radius 2 is 1.70 bits per heavy atom. The normalized spacial score (nSPS) is 36.4. The molecular weight excluding hydrogens is 771 g/mol. The van der Waals surface area contributed by atoms with Gasteiger partial charge in [-0.15, -0.1) is 0 Å². The molecule has 2 bridgehead atoms. The van der Waals surface area contributed by atoms with Crippen LogP contribution in [0.1, 0.15) is 131 Å². The fraction of sp³-hybridized carbons (Fsp3) is 0.702. The Labute approximate surface area is 354 Å². The van der Waals surface area contributed by atoms with E-state index >= 15 is 0 Å². The molecule has 3 saturated carbocycles. The monoisotopic (exact) mass is 837 g/mol. The number of hydrogen-bond donors (Lipinski definition) is 3. The van der Waals surface area contributed by atoms with Crippen LogP contribution in [0, 0.1) is 28.6 Å². The van der Waals surface area contributed by atoms with E-state index in [1.165, 1.54) is 6.92 Å². The second kappa shape index (κ2) is 16.2. The highest BCUT2D eigenvalue weighted by molar-refractivity contribution is 5.89. The summed E-state index contributed by atoms with van der Waals surface area (Å²) in [6.07, 6.45) is -2.06. The van der Waals surface area contributed by atoms with Gasteiger partial charge >= 0.3 is 24.0 Å². The highest BCUT2D eigenvalue weighted by Gasteiger charge is 2.77. The van der Waals surface area contributed by atoms with Gasteiger partial charge in [0.2, 0.25) is 0 Å². The fourth-order valence-corrected chi connectivity index (χ4v) is 11.2. The largest absolute Gasteiger partial charge is 0.458 e. The molecule has 60 heavy (non-hydrogen) atoms. The number of rotatable bonds is 11. The van der Waals surface area contributed by atoms with E-state index < -0.39 is 99.9 Å². The van der Waals surface area contributed by atoms with Crippen LogP contribution in [0.4, 0.5) is 4.79 Å². The molecule has 4 aliphatic carbocycles. The molecule has 0 radical (unpaired) electrons. The first kappa shape index (κ1) is 45.7. The minimum atomic E-state index is -1.96. The molecule has 13 nitrogen and oxygen atoms in total. The third-order valence-corrected chi connectivity index (χ3v) is 14.5. The van der Waals surface area contributed by atoms with Crippen molar-refractivity contribution in [2.24, 2.45) is 28.6 Å². The number of benzene rings is 1. The first-order chi connectivity index (χ1) is 27.9. The van der Waals surface area contributed by atoms with Crippen molar-refractivity contribution in [1.29, 1.82) is 0 Å². The minimum Gasteiger partial charge on any atom is -0.458 e. The number of aliphatic hydroxyl groups is 2. The van der Waals surface area contributed by atoms with Crippen LogP contribution in [-0.2, 0) is 38.0 Å². The zero-order chi connectivity index (χ0) is 44.4. The molecule has 1 heterocycles. The Bertz CT molecular complexity index is 1870. The third kappa shape index (κ3) is 7.81. The number of aliphatic hydroxyl groups excluding tert-OH is 1. The first-order valence-electron chi connectivity index (χ1n) is 21.6. The molecule has 4 fully saturated rings. The van der Waals surface area contributed by atoms with Crippen LogP contribution in [0.15, 0.2) is 54.1 Å². The number of carbonyl (C=O) groups excluding carboxylic acids is 4. The summed E-state index contributed by atoms with van der Waals surface area (Å²) in [5.74, 6) is -4.42. The van der Waals surface area contributed by atoms with Gasteiger partial charge in [0.1, 0.15) is 29.0 Å². The highest BCUT2D eigenvalue weighted by Crippen LogP contribution is 2.70. The molecule has 1 saturated heterocycles. The molecule has 6 rings (SSSR count). The van der Waals surface area contributed by atoms with Gasteiger partial charge in [-0.3, -0.25) is 4.79 Å². The molecule has 3 N–H and O–H groups in total. The van der Waals surface area contributed by atoms with Gasteiger partial charge in [-0.1, -0.05) is 71.9 Å². The van der Waals surface area contributed by atoms with E-state index in [0.717, 1.165) is 12.0 Å². The number of alkyl carbamates (subject to hydrolysis) is 1. The summed E-state index contributed by atoms with van der Waals surface area (Å²) in [5, 5.41) is 28.0. The van der Waals surface area contributed by atoms with Crippen molar-refractivity contribution in [2.45, 2.75) is 180 Å². The lowest BCUT2D eigenvalue weighted by Gasteiger charge is -2.72. The van der Waals surface area contributed by atoms with Gasteiger partial charge in [-0.25, -0.2) is 14.4 Å². The summed E-state index contributed by atoms with van der Waals surface area (Å²) in [7, 11) is 0. The first-order valence-corrected chi connectivity index (χ1v) is 21.6. The van der Waals surface area contributed by atoms with E-state index in [2.05, 4.69) is 11.9 Å². The molecule has 1 unspecified atom stereocenters. The lowest BCUT2D eigenvalue weighted by Crippen LogP contribution is -2.80. The number of fused-ring (bicyclic) bond motifs is 4. The van der Waals surface area contributed by atoms with Crippen LogP contribution in [0.5, 0.6) is 0 Å². The molecule has 0 aromatic heterocycles. The summed E-state index contributed by atoms with van der Waals surface area (Å²) >= 11 is 0. The number of carbonyl (C=O) groups is 4. The van der Waals surface area contributed by atoms with Gasteiger partial charge in [0, 0.05) is 42.4 Å². The van der Waals surface area contributed by atoms with Crippen molar-refractivity contribution < 1.29 is 57.8 Å². The van der Waals surface area contributed by atoms with E-state index in [4.69, 9.17) is 28.4 Å². The molecule has 1 aliphatic heterocycles. The smallest absolute Gasteiger partial charge is 0.407 e. The van der Waals surface area contributed by atoms with Crippen LogP contribution in [0.3, 0.4) is 0 Å². The average molecular weight is 838 g/mol. The van der Waals surface area contributed by atoms with Crippen molar-refractivity contribution in [3.8, 4) is 0 Å². The lowest BCUT2D eigenvalue weighted by atomic mass is 9.40. The van der Waals surface area contributed by atoms with Crippen LogP contribution < -0.4 is 5.32 Å². The molecule has 13 heteroatoms. The third-order valence-electron chi connectivity index (χ3n) is 14.5. The molecule has 0 spiro atoms. The standard InChI is InChI=1S/C47H67NO12/c1-13-45(14-2)58-34-23-30-20-21-46(30,57-28(6)49)37-38(56-39(51)29-18-16-15-17-19-29)47(54)25-33(27(5)31(43(47,10)11)24-35(59-45)44(34,37)12)55-40(52)36(50)32(22-26(3)4)48-41(53)60-42(7,8)9/h13,15-19,26,30,32-38,50,54H,1,14,20-25H2,2-12H3,(H,48,53)/t30-,32+,33+,34+,35+,36-,37+,38+,44+,45?,46+,47-/m1/s1. The molecule has 1 aromatic rings. The van der Waals surface area contributed by atoms with Crippen molar-refractivity contribution in [2.75, 3.05) is 0 Å². The van der Waals surface area contributed by atoms with E-state index in [1.54, 1.807) is 57.2 Å². The Hall–Kier alpha value is -3.78. The maximum Gasteiger partial charge on any atom is 0.407 e. The number of ether oxygens (including phenoxy) is 6. The number of amides is 1.